The maximum Gasteiger partial charge on any atom is 0.410 e. The van der Waals surface area contributed by atoms with Gasteiger partial charge in [0.1, 0.15) is 5.60 Å². The lowest BCUT2D eigenvalue weighted by atomic mass is 9.89. The molecule has 3 aromatic carbocycles. The number of hydrogen-bond acceptors (Lipinski definition) is 6. The van der Waals surface area contributed by atoms with Gasteiger partial charge in [0.15, 0.2) is 0 Å². The molecule has 264 valence electrons. The molecule has 0 atom stereocenters. The Balaban J connectivity index is 1.15. The molecule has 49 heavy (non-hydrogen) atoms. The number of fused-ring (bicyclic) bond motifs is 1. The Morgan fingerprint density at radius 1 is 0.755 bits per heavy atom. The van der Waals surface area contributed by atoms with Crippen LogP contribution in [0.5, 0.6) is 0 Å². The fourth-order valence-electron chi connectivity index (χ4n) is 7.15. The Kier molecular flexibility index (Phi) is 13.1. The van der Waals surface area contributed by atoms with Gasteiger partial charge in [0.2, 0.25) is 5.91 Å². The summed E-state index contributed by atoms with van der Waals surface area (Å²) in [6, 6.07) is 23.5. The molecule has 1 saturated heterocycles. The summed E-state index contributed by atoms with van der Waals surface area (Å²) < 4.78 is 5.78. The van der Waals surface area contributed by atoms with Gasteiger partial charge in [-0.25, -0.2) is 9.59 Å². The fourth-order valence-corrected chi connectivity index (χ4v) is 7.15. The highest BCUT2D eigenvalue weighted by Crippen LogP contribution is 2.26. The van der Waals surface area contributed by atoms with Crippen molar-refractivity contribution < 1.29 is 24.0 Å². The lowest BCUT2D eigenvalue weighted by Crippen LogP contribution is -2.43. The molecule has 2 amide bonds. The first-order valence-corrected chi connectivity index (χ1v) is 18.4. The summed E-state index contributed by atoms with van der Waals surface area (Å²) in [5.41, 5.74) is 1.04. The molecule has 8 heteroatoms. The van der Waals surface area contributed by atoms with Crippen molar-refractivity contribution >= 4 is 28.7 Å². The zero-order valence-corrected chi connectivity index (χ0v) is 29.8. The average molecular weight is 670 g/mol. The van der Waals surface area contributed by atoms with Gasteiger partial charge in [-0.1, -0.05) is 79.9 Å². The highest BCUT2D eigenvalue weighted by Gasteiger charge is 2.28. The van der Waals surface area contributed by atoms with Crippen molar-refractivity contribution in [3.63, 3.8) is 0 Å². The van der Waals surface area contributed by atoms with E-state index in [0.29, 0.717) is 56.5 Å². The van der Waals surface area contributed by atoms with Crippen molar-refractivity contribution in [2.24, 2.45) is 11.8 Å². The largest absolute Gasteiger partial charge is 0.444 e. The van der Waals surface area contributed by atoms with E-state index in [9.17, 15) is 14.4 Å². The second-order valence-corrected chi connectivity index (χ2v) is 14.9. The van der Waals surface area contributed by atoms with Gasteiger partial charge in [0.25, 0.3) is 0 Å². The molecule has 3 aromatic rings. The van der Waals surface area contributed by atoms with Crippen LogP contribution < -0.4 is 0 Å². The third-order valence-corrected chi connectivity index (χ3v) is 9.81. The van der Waals surface area contributed by atoms with E-state index in [1.54, 1.807) is 12.1 Å². The van der Waals surface area contributed by atoms with E-state index in [-0.39, 0.29) is 18.0 Å². The predicted molar refractivity (Wildman–Crippen MR) is 194 cm³/mol. The van der Waals surface area contributed by atoms with Gasteiger partial charge in [-0.05, 0) is 99.6 Å². The Morgan fingerprint density at radius 2 is 1.41 bits per heavy atom. The minimum Gasteiger partial charge on any atom is -0.444 e. The molecule has 0 bridgehead atoms. The van der Waals surface area contributed by atoms with Gasteiger partial charge in [0.05, 0.1) is 12.0 Å². The average Bonchev–Trinajstić information content (AvgIpc) is 3.10. The normalized spacial score (nSPS) is 16.1. The summed E-state index contributed by atoms with van der Waals surface area (Å²) in [6.07, 6.45) is 9.48. The first-order valence-electron chi connectivity index (χ1n) is 18.4. The van der Waals surface area contributed by atoms with Crippen LogP contribution in [0.2, 0.25) is 0 Å². The van der Waals surface area contributed by atoms with Crippen LogP contribution in [-0.4, -0.2) is 77.7 Å². The predicted octanol–water partition coefficient (Wildman–Crippen LogP) is 8.29. The number of hydrogen-bond donors (Lipinski definition) is 0. The van der Waals surface area contributed by atoms with E-state index >= 15 is 0 Å². The number of hydroxylamine groups is 2. The van der Waals surface area contributed by atoms with Crippen LogP contribution in [0.3, 0.4) is 0 Å². The van der Waals surface area contributed by atoms with Gasteiger partial charge in [-0.3, -0.25) is 4.79 Å². The fraction of sp³-hybridized carbons (Fsp3) is 0.537. The molecule has 1 heterocycles. The summed E-state index contributed by atoms with van der Waals surface area (Å²) in [4.78, 5) is 49.5. The first-order chi connectivity index (χ1) is 23.6. The van der Waals surface area contributed by atoms with Crippen molar-refractivity contribution in [2.75, 3.05) is 39.3 Å². The second kappa shape index (κ2) is 17.7. The number of piperidine rings is 1. The third kappa shape index (κ3) is 11.3. The molecule has 1 saturated carbocycles. The highest BCUT2D eigenvalue weighted by atomic mass is 16.7. The molecule has 2 aliphatic rings. The highest BCUT2D eigenvalue weighted by molar-refractivity contribution is 5.90. The lowest BCUT2D eigenvalue weighted by Gasteiger charge is -2.34. The number of nitrogens with zero attached hydrogens (tertiary/aromatic N) is 3. The van der Waals surface area contributed by atoms with Crippen molar-refractivity contribution in [3.8, 4) is 0 Å². The van der Waals surface area contributed by atoms with Crippen LogP contribution in [0.4, 0.5) is 4.79 Å². The van der Waals surface area contributed by atoms with E-state index in [1.807, 2.05) is 72.0 Å². The Hall–Kier alpha value is -3.91. The Labute approximate surface area is 292 Å². The SMILES string of the molecule is CC(C)(C)OC(=O)N(CCCCN(CC1CCN(C(=O)Cc2cccc3ccccc23)CC1)OC(=O)c1ccccc1)CC1CCCCC1. The molecule has 0 unspecified atom stereocenters. The van der Waals surface area contributed by atoms with Gasteiger partial charge in [-0.15, -0.1) is 5.06 Å². The van der Waals surface area contributed by atoms with Crippen molar-refractivity contribution in [3.05, 3.63) is 83.9 Å². The third-order valence-electron chi connectivity index (χ3n) is 9.81. The van der Waals surface area contributed by atoms with Crippen LogP contribution in [-0.2, 0) is 20.8 Å². The number of likely N-dealkylation sites (tertiary alicyclic amines) is 1. The Bertz CT molecular complexity index is 1500. The van der Waals surface area contributed by atoms with Gasteiger partial charge < -0.3 is 19.4 Å². The van der Waals surface area contributed by atoms with E-state index < -0.39 is 5.60 Å². The van der Waals surface area contributed by atoms with Gasteiger partial charge >= 0.3 is 12.1 Å². The van der Waals surface area contributed by atoms with E-state index in [0.717, 1.165) is 61.4 Å². The number of carbonyl (C=O) groups excluding carboxylic acids is 3. The number of ether oxygens (including phenoxy) is 1. The van der Waals surface area contributed by atoms with Crippen molar-refractivity contribution in [1.82, 2.24) is 14.9 Å². The number of unbranched alkanes of at least 4 members (excludes halogenated alkanes) is 1. The minimum atomic E-state index is -0.541. The molecule has 8 nitrogen and oxygen atoms in total. The number of carbonyl (C=O) groups is 3. The molecule has 5 rings (SSSR count). The quantitative estimate of drug-likeness (QED) is 0.135. The summed E-state index contributed by atoms with van der Waals surface area (Å²) in [7, 11) is 0. The number of benzene rings is 3. The topological polar surface area (TPSA) is 79.4 Å². The Morgan fingerprint density at radius 3 is 2.14 bits per heavy atom. The van der Waals surface area contributed by atoms with E-state index in [2.05, 4.69) is 24.3 Å². The zero-order chi connectivity index (χ0) is 34.6. The summed E-state index contributed by atoms with van der Waals surface area (Å²) in [5, 5.41) is 4.10. The summed E-state index contributed by atoms with van der Waals surface area (Å²) >= 11 is 0. The first kappa shape index (κ1) is 36.4. The number of amides is 2. The van der Waals surface area contributed by atoms with Gasteiger partial charge in [-0.2, -0.15) is 0 Å². The second-order valence-electron chi connectivity index (χ2n) is 14.9. The maximum absolute atomic E-state index is 13.3. The molecular formula is C41H55N3O5. The molecule has 1 aliphatic heterocycles. The van der Waals surface area contributed by atoms with Crippen LogP contribution in [0.25, 0.3) is 10.8 Å². The standard InChI is InChI=1S/C41H55N3O5/c1-41(2,3)48-40(47)43(30-32-15-6-4-7-16-32)25-12-13-26-44(49-39(46)35-18-8-5-9-19-35)31-33-23-27-42(28-24-33)38(45)29-36-21-14-20-34-17-10-11-22-37(34)36/h5,8-11,14,17-22,32-33H,4,6-7,12-13,15-16,23-31H2,1-3H3. The molecule has 0 radical (unpaired) electrons. The lowest BCUT2D eigenvalue weighted by molar-refractivity contribution is -0.134. The number of rotatable bonds is 13. The molecule has 2 fully saturated rings. The van der Waals surface area contributed by atoms with E-state index in [1.165, 1.54) is 19.3 Å². The minimum absolute atomic E-state index is 0.157. The van der Waals surface area contributed by atoms with Crippen LogP contribution in [0.15, 0.2) is 72.8 Å². The summed E-state index contributed by atoms with van der Waals surface area (Å²) in [6.45, 7) is 9.66. The van der Waals surface area contributed by atoms with Crippen LogP contribution in [0, 0.1) is 11.8 Å². The van der Waals surface area contributed by atoms with Crippen LogP contribution >= 0.6 is 0 Å². The molecule has 1 aliphatic carbocycles. The van der Waals surface area contributed by atoms with E-state index in [4.69, 9.17) is 9.57 Å². The smallest absolute Gasteiger partial charge is 0.410 e. The molecule has 0 aromatic heterocycles. The van der Waals surface area contributed by atoms with Crippen molar-refractivity contribution in [2.45, 2.75) is 90.6 Å². The molecular weight excluding hydrogens is 614 g/mol. The monoisotopic (exact) mass is 669 g/mol. The molecule has 0 spiro atoms. The zero-order valence-electron chi connectivity index (χ0n) is 29.8. The summed E-state index contributed by atoms with van der Waals surface area (Å²) in [5.74, 6) is 0.616. The van der Waals surface area contributed by atoms with Crippen LogP contribution in [0.1, 0.15) is 94.5 Å². The van der Waals surface area contributed by atoms with Gasteiger partial charge in [0, 0.05) is 39.3 Å². The molecule has 0 N–H and O–H groups in total. The maximum atomic E-state index is 13.3. The van der Waals surface area contributed by atoms with Crippen molar-refractivity contribution in [1.29, 1.82) is 0 Å².